The van der Waals surface area contributed by atoms with Crippen LogP contribution in [-0.2, 0) is 14.3 Å². The first-order valence-electron chi connectivity index (χ1n) is 6.49. The average Bonchev–Trinajstić information content (AvgIpc) is 2.94. The van der Waals surface area contributed by atoms with Gasteiger partial charge in [-0.1, -0.05) is 31.9 Å². The summed E-state index contributed by atoms with van der Waals surface area (Å²) in [4.78, 5) is 23.2. The number of fused-ring (bicyclic) bond motifs is 2. The second-order valence-corrected chi connectivity index (χ2v) is 4.84. The van der Waals surface area contributed by atoms with Crippen molar-refractivity contribution < 1.29 is 19.4 Å². The third-order valence-corrected chi connectivity index (χ3v) is 3.57. The standard InChI is InChI=1S/C13H19NO4/c1-2-3-4-7-14-12(15)10-8-5-6-9(18-8)11(10)13(16)17/h5-6,8-11H,2-4,7H2,1H3,(H,14,15)(H,16,17)/t8-,9-,10+,11-/m1/s1. The third kappa shape index (κ3) is 2.41. The van der Waals surface area contributed by atoms with E-state index < -0.39 is 23.9 Å². The van der Waals surface area contributed by atoms with Crippen LogP contribution < -0.4 is 5.32 Å². The van der Waals surface area contributed by atoms with E-state index in [1.165, 1.54) is 0 Å². The van der Waals surface area contributed by atoms with Crippen LogP contribution in [0.5, 0.6) is 0 Å². The van der Waals surface area contributed by atoms with Gasteiger partial charge in [0.05, 0.1) is 18.1 Å². The predicted molar refractivity (Wildman–Crippen MR) is 65.0 cm³/mol. The zero-order valence-corrected chi connectivity index (χ0v) is 10.5. The number of carboxylic acid groups (broad SMARTS) is 1. The number of nitrogens with one attached hydrogen (secondary N) is 1. The van der Waals surface area contributed by atoms with Crippen LogP contribution in [0.25, 0.3) is 0 Å². The van der Waals surface area contributed by atoms with E-state index in [0.717, 1.165) is 19.3 Å². The first-order chi connectivity index (χ1) is 8.65. The fourth-order valence-electron chi connectivity index (χ4n) is 2.62. The van der Waals surface area contributed by atoms with Gasteiger partial charge in [0.1, 0.15) is 5.92 Å². The third-order valence-electron chi connectivity index (χ3n) is 3.57. The van der Waals surface area contributed by atoms with Crippen LogP contribution in [0.3, 0.4) is 0 Å². The fourth-order valence-corrected chi connectivity index (χ4v) is 2.62. The Morgan fingerprint density at radius 3 is 2.50 bits per heavy atom. The highest BCUT2D eigenvalue weighted by Crippen LogP contribution is 2.39. The minimum atomic E-state index is -0.958. The summed E-state index contributed by atoms with van der Waals surface area (Å²) in [6, 6.07) is 0. The molecule has 18 heavy (non-hydrogen) atoms. The van der Waals surface area contributed by atoms with Gasteiger partial charge >= 0.3 is 5.97 Å². The average molecular weight is 253 g/mol. The molecule has 0 unspecified atom stereocenters. The van der Waals surface area contributed by atoms with Gasteiger partial charge < -0.3 is 15.2 Å². The highest BCUT2D eigenvalue weighted by molar-refractivity contribution is 5.87. The topological polar surface area (TPSA) is 75.6 Å². The Balaban J connectivity index is 1.92. The molecule has 0 aromatic heterocycles. The van der Waals surface area contributed by atoms with Gasteiger partial charge in [-0.2, -0.15) is 0 Å². The molecule has 4 atom stereocenters. The largest absolute Gasteiger partial charge is 0.481 e. The summed E-state index contributed by atoms with van der Waals surface area (Å²) in [5.41, 5.74) is 0. The molecule has 2 rings (SSSR count). The van der Waals surface area contributed by atoms with Gasteiger partial charge in [-0.25, -0.2) is 0 Å². The predicted octanol–water partition coefficient (Wildman–Crippen LogP) is 0.947. The van der Waals surface area contributed by atoms with E-state index in [4.69, 9.17) is 4.74 Å². The van der Waals surface area contributed by atoms with Gasteiger partial charge in [0.15, 0.2) is 0 Å². The van der Waals surface area contributed by atoms with Crippen LogP contribution >= 0.6 is 0 Å². The number of carbonyl (C=O) groups excluding carboxylic acids is 1. The normalized spacial score (nSPS) is 32.7. The lowest BCUT2D eigenvalue weighted by molar-refractivity contribution is -0.146. The maximum atomic E-state index is 12.0. The highest BCUT2D eigenvalue weighted by atomic mass is 16.5. The molecule has 2 heterocycles. The van der Waals surface area contributed by atoms with Gasteiger partial charge in [0.2, 0.25) is 5.91 Å². The molecular weight excluding hydrogens is 234 g/mol. The molecule has 2 aliphatic heterocycles. The summed E-state index contributed by atoms with van der Waals surface area (Å²) in [7, 11) is 0. The van der Waals surface area contributed by atoms with Crippen molar-refractivity contribution in [1.29, 1.82) is 0 Å². The number of aliphatic carboxylic acids is 1. The Labute approximate surface area is 106 Å². The Kier molecular flexibility index (Phi) is 4.01. The summed E-state index contributed by atoms with van der Waals surface area (Å²) >= 11 is 0. The number of hydrogen-bond acceptors (Lipinski definition) is 3. The molecule has 5 heteroatoms. The van der Waals surface area contributed by atoms with Crippen LogP contribution in [0.1, 0.15) is 26.2 Å². The Bertz CT molecular complexity index is 366. The van der Waals surface area contributed by atoms with Gasteiger partial charge in [0.25, 0.3) is 0 Å². The number of carbonyl (C=O) groups is 2. The second kappa shape index (κ2) is 5.52. The molecule has 100 valence electrons. The number of rotatable bonds is 6. The molecule has 0 aliphatic carbocycles. The van der Waals surface area contributed by atoms with Crippen LogP contribution in [0.2, 0.25) is 0 Å². The lowest BCUT2D eigenvalue weighted by Gasteiger charge is -2.20. The van der Waals surface area contributed by atoms with E-state index in [1.807, 2.05) is 0 Å². The molecule has 2 N–H and O–H groups in total. The molecule has 1 amide bonds. The molecule has 0 radical (unpaired) electrons. The molecule has 5 nitrogen and oxygen atoms in total. The molecule has 1 fully saturated rings. The van der Waals surface area contributed by atoms with Crippen molar-refractivity contribution in [2.24, 2.45) is 11.8 Å². The van der Waals surface area contributed by atoms with E-state index >= 15 is 0 Å². The molecule has 0 aromatic rings. The summed E-state index contributed by atoms with van der Waals surface area (Å²) in [5, 5.41) is 12.0. The van der Waals surface area contributed by atoms with Crippen molar-refractivity contribution in [2.45, 2.75) is 38.4 Å². The van der Waals surface area contributed by atoms with Gasteiger partial charge in [-0.3, -0.25) is 9.59 Å². The second-order valence-electron chi connectivity index (χ2n) is 4.84. The van der Waals surface area contributed by atoms with Crippen molar-refractivity contribution >= 4 is 11.9 Å². The summed E-state index contributed by atoms with van der Waals surface area (Å²) in [6.07, 6.45) is 5.80. The van der Waals surface area contributed by atoms with Crippen molar-refractivity contribution in [3.8, 4) is 0 Å². The molecule has 2 aliphatic rings. The lowest BCUT2D eigenvalue weighted by atomic mass is 9.82. The maximum absolute atomic E-state index is 12.0. The van der Waals surface area contributed by atoms with Gasteiger partial charge in [0, 0.05) is 6.54 Å². The van der Waals surface area contributed by atoms with Gasteiger partial charge in [-0.15, -0.1) is 0 Å². The number of unbranched alkanes of at least 4 members (excludes halogenated alkanes) is 2. The molecule has 0 aromatic carbocycles. The number of carboxylic acids is 1. The Morgan fingerprint density at radius 2 is 1.89 bits per heavy atom. The summed E-state index contributed by atoms with van der Waals surface area (Å²) < 4.78 is 5.45. The smallest absolute Gasteiger partial charge is 0.310 e. The number of hydrogen-bond donors (Lipinski definition) is 2. The van der Waals surface area contributed by atoms with Crippen molar-refractivity contribution in [2.75, 3.05) is 6.54 Å². The van der Waals surface area contributed by atoms with Crippen molar-refractivity contribution in [1.82, 2.24) is 5.32 Å². The minimum Gasteiger partial charge on any atom is -0.481 e. The molecule has 0 saturated carbocycles. The maximum Gasteiger partial charge on any atom is 0.310 e. The lowest BCUT2D eigenvalue weighted by Crippen LogP contribution is -2.42. The Hall–Kier alpha value is -1.36. The van der Waals surface area contributed by atoms with E-state index in [9.17, 15) is 14.7 Å². The quantitative estimate of drug-likeness (QED) is 0.546. The number of amides is 1. The van der Waals surface area contributed by atoms with E-state index in [1.54, 1.807) is 12.2 Å². The van der Waals surface area contributed by atoms with Crippen LogP contribution in [-0.4, -0.2) is 35.7 Å². The monoisotopic (exact) mass is 253 g/mol. The highest BCUT2D eigenvalue weighted by Gasteiger charge is 2.52. The van der Waals surface area contributed by atoms with E-state index in [-0.39, 0.29) is 12.0 Å². The molecule has 0 spiro atoms. The van der Waals surface area contributed by atoms with Gasteiger partial charge in [-0.05, 0) is 6.42 Å². The summed E-state index contributed by atoms with van der Waals surface area (Å²) in [5.74, 6) is -2.48. The Morgan fingerprint density at radius 1 is 1.22 bits per heavy atom. The number of ether oxygens (including phenoxy) is 1. The van der Waals surface area contributed by atoms with Crippen LogP contribution in [0.15, 0.2) is 12.2 Å². The SMILES string of the molecule is CCCCCNC(=O)[C@@H]1[C@H](C(=O)O)[C@H]2C=C[C@H]1O2. The van der Waals surface area contributed by atoms with E-state index in [0.29, 0.717) is 6.54 Å². The fraction of sp³-hybridized carbons (Fsp3) is 0.692. The van der Waals surface area contributed by atoms with Crippen molar-refractivity contribution in [3.63, 3.8) is 0 Å². The minimum absolute atomic E-state index is 0.199. The first kappa shape index (κ1) is 13.1. The van der Waals surface area contributed by atoms with E-state index in [2.05, 4.69) is 12.2 Å². The first-order valence-corrected chi connectivity index (χ1v) is 6.49. The molecule has 1 saturated heterocycles. The van der Waals surface area contributed by atoms with Crippen molar-refractivity contribution in [3.05, 3.63) is 12.2 Å². The molecule has 2 bridgehead atoms. The zero-order chi connectivity index (χ0) is 13.1. The van der Waals surface area contributed by atoms with Crippen LogP contribution in [0.4, 0.5) is 0 Å². The summed E-state index contributed by atoms with van der Waals surface area (Å²) in [6.45, 7) is 2.70. The van der Waals surface area contributed by atoms with Crippen LogP contribution in [0, 0.1) is 11.8 Å². The zero-order valence-electron chi connectivity index (χ0n) is 10.5. The molecular formula is C13H19NO4.